The standard InChI is InChI=1S/C13H14F3NO.2C2H6/c1-3-9-7-17(2)12-5-4-10(6-11(9)12)18-8-13(14,15)16;2*1-2/h4-7H,3,8H2,1-2H3;2*1-2H3. The first-order chi connectivity index (χ1) is 10.4. The SMILES string of the molecule is CC.CC.CCc1cn(C)c2ccc(OCC(F)(F)F)cc12. The van der Waals surface area contributed by atoms with E-state index in [0.29, 0.717) is 0 Å². The smallest absolute Gasteiger partial charge is 0.422 e. The van der Waals surface area contributed by atoms with E-state index in [2.05, 4.69) is 0 Å². The summed E-state index contributed by atoms with van der Waals surface area (Å²) >= 11 is 0. The number of nitrogens with zero attached hydrogens (tertiary/aromatic N) is 1. The van der Waals surface area contributed by atoms with Crippen LogP contribution in [-0.4, -0.2) is 17.4 Å². The molecule has 0 saturated heterocycles. The van der Waals surface area contributed by atoms with Crippen molar-refractivity contribution in [1.82, 2.24) is 4.57 Å². The second kappa shape index (κ2) is 9.38. The van der Waals surface area contributed by atoms with Crippen molar-refractivity contribution < 1.29 is 17.9 Å². The molecule has 5 heteroatoms. The van der Waals surface area contributed by atoms with Gasteiger partial charge in [-0.25, -0.2) is 0 Å². The molecule has 126 valence electrons. The van der Waals surface area contributed by atoms with Gasteiger partial charge in [0.05, 0.1) is 0 Å². The number of benzene rings is 1. The highest BCUT2D eigenvalue weighted by Crippen LogP contribution is 2.27. The molecule has 22 heavy (non-hydrogen) atoms. The molecule has 2 rings (SSSR count). The molecule has 0 radical (unpaired) electrons. The third-order valence-electron chi connectivity index (χ3n) is 2.83. The molecule has 1 aromatic heterocycles. The Bertz CT molecular complexity index is 559. The number of halogens is 3. The van der Waals surface area contributed by atoms with Crippen molar-refractivity contribution in [2.45, 2.75) is 47.2 Å². The first-order valence-electron chi connectivity index (χ1n) is 7.68. The third-order valence-corrected chi connectivity index (χ3v) is 2.83. The highest BCUT2D eigenvalue weighted by molar-refractivity contribution is 5.85. The van der Waals surface area contributed by atoms with Crippen molar-refractivity contribution >= 4 is 10.9 Å². The van der Waals surface area contributed by atoms with Crippen LogP contribution in [0.3, 0.4) is 0 Å². The second-order valence-corrected chi connectivity index (χ2v) is 4.20. The summed E-state index contributed by atoms with van der Waals surface area (Å²) in [6.45, 7) is 8.75. The third kappa shape index (κ3) is 5.62. The summed E-state index contributed by atoms with van der Waals surface area (Å²) in [4.78, 5) is 0. The maximum Gasteiger partial charge on any atom is 0.422 e. The predicted molar refractivity (Wildman–Crippen MR) is 86.5 cm³/mol. The molecule has 2 aromatic rings. The number of hydrogen-bond acceptors (Lipinski definition) is 1. The van der Waals surface area contributed by atoms with Gasteiger partial charge in [0.2, 0.25) is 0 Å². The van der Waals surface area contributed by atoms with Gasteiger partial charge in [-0.1, -0.05) is 34.6 Å². The van der Waals surface area contributed by atoms with Gasteiger partial charge in [0.15, 0.2) is 6.61 Å². The van der Waals surface area contributed by atoms with Crippen LogP contribution in [0.1, 0.15) is 40.2 Å². The monoisotopic (exact) mass is 317 g/mol. The second-order valence-electron chi connectivity index (χ2n) is 4.20. The lowest BCUT2D eigenvalue weighted by atomic mass is 10.1. The molecular weight excluding hydrogens is 291 g/mol. The summed E-state index contributed by atoms with van der Waals surface area (Å²) in [6, 6.07) is 5.01. The van der Waals surface area contributed by atoms with Gasteiger partial charge in [-0.3, -0.25) is 0 Å². The van der Waals surface area contributed by atoms with Crippen LogP contribution < -0.4 is 4.74 Å². The van der Waals surface area contributed by atoms with Crippen LogP contribution in [0.25, 0.3) is 10.9 Å². The van der Waals surface area contributed by atoms with Crippen molar-refractivity contribution in [2.24, 2.45) is 7.05 Å². The number of aromatic nitrogens is 1. The Morgan fingerprint density at radius 3 is 2.18 bits per heavy atom. The van der Waals surface area contributed by atoms with Crippen LogP contribution in [0.15, 0.2) is 24.4 Å². The average Bonchev–Trinajstić information content (AvgIpc) is 2.84. The maximum atomic E-state index is 12.1. The van der Waals surface area contributed by atoms with Crippen LogP contribution in [0.2, 0.25) is 0 Å². The van der Waals surface area contributed by atoms with Gasteiger partial charge in [-0.15, -0.1) is 0 Å². The topological polar surface area (TPSA) is 14.2 Å². The van der Waals surface area contributed by atoms with Crippen molar-refractivity contribution in [2.75, 3.05) is 6.61 Å². The van der Waals surface area contributed by atoms with Gasteiger partial charge in [-0.2, -0.15) is 13.2 Å². The van der Waals surface area contributed by atoms with E-state index in [4.69, 9.17) is 4.74 Å². The fourth-order valence-electron chi connectivity index (χ4n) is 1.99. The van der Waals surface area contributed by atoms with Gasteiger partial charge in [0.1, 0.15) is 5.75 Å². The van der Waals surface area contributed by atoms with Gasteiger partial charge in [0.25, 0.3) is 0 Å². The van der Waals surface area contributed by atoms with E-state index in [1.165, 1.54) is 0 Å². The molecular formula is C17H26F3NO. The van der Waals surface area contributed by atoms with Crippen LogP contribution in [-0.2, 0) is 13.5 Å². The summed E-state index contributed by atoms with van der Waals surface area (Å²) in [5.74, 6) is 0.251. The number of hydrogen-bond donors (Lipinski definition) is 0. The Hall–Kier alpha value is -1.65. The Balaban J connectivity index is 0.00000102. The van der Waals surface area contributed by atoms with E-state index < -0.39 is 12.8 Å². The molecule has 1 heterocycles. The van der Waals surface area contributed by atoms with E-state index in [1.807, 2.05) is 52.4 Å². The number of ether oxygens (including phenoxy) is 1. The van der Waals surface area contributed by atoms with E-state index >= 15 is 0 Å². The van der Waals surface area contributed by atoms with Crippen molar-refractivity contribution in [1.29, 1.82) is 0 Å². The minimum Gasteiger partial charge on any atom is -0.484 e. The summed E-state index contributed by atoms with van der Waals surface area (Å²) in [5, 5.41) is 0.944. The Morgan fingerprint density at radius 1 is 1.09 bits per heavy atom. The molecule has 0 spiro atoms. The molecule has 0 amide bonds. The molecule has 0 aliphatic rings. The quantitative estimate of drug-likeness (QED) is 0.704. The molecule has 0 N–H and O–H groups in total. The summed E-state index contributed by atoms with van der Waals surface area (Å²) in [5.41, 5.74) is 2.09. The fourth-order valence-corrected chi connectivity index (χ4v) is 1.99. The zero-order chi connectivity index (χ0) is 17.3. The van der Waals surface area contributed by atoms with Crippen LogP contribution >= 0.6 is 0 Å². The average molecular weight is 317 g/mol. The largest absolute Gasteiger partial charge is 0.484 e. The summed E-state index contributed by atoms with van der Waals surface area (Å²) in [7, 11) is 1.91. The van der Waals surface area contributed by atoms with Gasteiger partial charge >= 0.3 is 6.18 Å². The lowest BCUT2D eigenvalue weighted by Crippen LogP contribution is -2.19. The highest BCUT2D eigenvalue weighted by Gasteiger charge is 2.28. The molecule has 0 saturated carbocycles. The summed E-state index contributed by atoms with van der Waals surface area (Å²) in [6.07, 6.45) is -1.49. The molecule has 0 bridgehead atoms. The Kier molecular flexibility index (Phi) is 8.68. The Morgan fingerprint density at radius 2 is 1.68 bits per heavy atom. The number of fused-ring (bicyclic) bond motifs is 1. The van der Waals surface area contributed by atoms with E-state index in [-0.39, 0.29) is 5.75 Å². The Labute approximate surface area is 130 Å². The zero-order valence-electron chi connectivity index (χ0n) is 14.2. The predicted octanol–water partition coefficient (Wildman–Crippen LogP) is 5.73. The van der Waals surface area contributed by atoms with E-state index in [9.17, 15) is 13.2 Å². The highest BCUT2D eigenvalue weighted by atomic mass is 19.4. The minimum absolute atomic E-state index is 0.251. The van der Waals surface area contributed by atoms with Gasteiger partial charge < -0.3 is 9.30 Å². The van der Waals surface area contributed by atoms with Gasteiger partial charge in [0, 0.05) is 24.1 Å². The molecule has 0 fully saturated rings. The molecule has 1 aromatic carbocycles. The number of aryl methyl sites for hydroxylation is 2. The number of rotatable bonds is 3. The van der Waals surface area contributed by atoms with E-state index in [1.54, 1.807) is 18.2 Å². The molecule has 0 atom stereocenters. The van der Waals surface area contributed by atoms with Crippen LogP contribution in [0.4, 0.5) is 13.2 Å². The first kappa shape index (κ1) is 20.3. The lowest BCUT2D eigenvalue weighted by molar-refractivity contribution is -0.153. The van der Waals surface area contributed by atoms with Crippen molar-refractivity contribution in [3.05, 3.63) is 30.0 Å². The van der Waals surface area contributed by atoms with Crippen LogP contribution in [0, 0.1) is 0 Å². The van der Waals surface area contributed by atoms with Crippen LogP contribution in [0.5, 0.6) is 5.75 Å². The molecule has 0 unspecified atom stereocenters. The first-order valence-corrected chi connectivity index (χ1v) is 7.68. The maximum absolute atomic E-state index is 12.1. The zero-order valence-corrected chi connectivity index (χ0v) is 14.2. The molecule has 0 aliphatic carbocycles. The molecule has 0 aliphatic heterocycles. The van der Waals surface area contributed by atoms with Crippen molar-refractivity contribution in [3.8, 4) is 5.75 Å². The van der Waals surface area contributed by atoms with Gasteiger partial charge in [-0.05, 0) is 30.2 Å². The van der Waals surface area contributed by atoms with E-state index in [0.717, 1.165) is 22.9 Å². The normalized spacial score (nSPS) is 10.4. The lowest BCUT2D eigenvalue weighted by Gasteiger charge is -2.09. The molecule has 2 nitrogen and oxygen atoms in total. The summed E-state index contributed by atoms with van der Waals surface area (Å²) < 4.78 is 42.9. The van der Waals surface area contributed by atoms with Crippen molar-refractivity contribution in [3.63, 3.8) is 0 Å². The minimum atomic E-state index is -4.31. The number of alkyl halides is 3. The fraction of sp³-hybridized carbons (Fsp3) is 0.529.